The third-order valence-corrected chi connectivity index (χ3v) is 5.00. The molecule has 1 aliphatic carbocycles. The van der Waals surface area contributed by atoms with Crippen molar-refractivity contribution in [3.8, 4) is 11.8 Å². The molecule has 2 aromatic rings. The lowest BCUT2D eigenvalue weighted by Gasteiger charge is -2.23. The Balaban J connectivity index is 1.93. The van der Waals surface area contributed by atoms with Crippen LogP contribution in [0.5, 0.6) is 5.75 Å². The van der Waals surface area contributed by atoms with Gasteiger partial charge in [0.05, 0.1) is 13.2 Å². The van der Waals surface area contributed by atoms with Crippen LogP contribution in [0, 0.1) is 17.2 Å². The average Bonchev–Trinajstić information content (AvgIpc) is 2.90. The Morgan fingerprint density at radius 3 is 2.62 bits per heavy atom. The molecule has 2 aromatic carbocycles. The molecule has 3 heteroatoms. The van der Waals surface area contributed by atoms with Crippen molar-refractivity contribution in [1.29, 1.82) is 5.26 Å². The summed E-state index contributed by atoms with van der Waals surface area (Å²) in [6.45, 7) is 3.17. The predicted octanol–water partition coefficient (Wildman–Crippen LogP) is 4.41. The summed E-state index contributed by atoms with van der Waals surface area (Å²) in [5.41, 5.74) is 4.07. The van der Waals surface area contributed by atoms with Gasteiger partial charge < -0.3 is 10.1 Å². The molecule has 0 unspecified atom stereocenters. The first kappa shape index (κ1) is 16.5. The first-order valence-electron chi connectivity index (χ1n) is 8.59. The smallest absolute Gasteiger partial charge is 0.119 e. The minimum absolute atomic E-state index is 0.291. The van der Waals surface area contributed by atoms with E-state index >= 15 is 0 Å². The number of hydrogen-bond donors (Lipinski definition) is 1. The number of benzene rings is 2. The molecular weight excluding hydrogens is 296 g/mol. The largest absolute Gasteiger partial charge is 0.497 e. The van der Waals surface area contributed by atoms with E-state index in [2.05, 4.69) is 66.8 Å². The molecule has 1 aliphatic rings. The SMILES string of the molecule is COc1ccc2c(c1)[C@@H](NCCCC#N)[C@H](C)[C@H]2c1ccccc1. The van der Waals surface area contributed by atoms with Crippen LogP contribution in [0.4, 0.5) is 0 Å². The monoisotopic (exact) mass is 320 g/mol. The average molecular weight is 320 g/mol. The predicted molar refractivity (Wildman–Crippen MR) is 96.0 cm³/mol. The fraction of sp³-hybridized carbons (Fsp3) is 0.381. The molecule has 0 spiro atoms. The number of methoxy groups -OCH3 is 1. The van der Waals surface area contributed by atoms with E-state index in [4.69, 9.17) is 10.00 Å². The van der Waals surface area contributed by atoms with Crippen LogP contribution in [-0.4, -0.2) is 13.7 Å². The lowest BCUT2D eigenvalue weighted by Crippen LogP contribution is -2.26. The lowest BCUT2D eigenvalue weighted by atomic mass is 9.86. The number of ether oxygens (including phenoxy) is 1. The second-order valence-corrected chi connectivity index (χ2v) is 6.44. The molecular formula is C21H24N2O. The summed E-state index contributed by atoms with van der Waals surface area (Å²) in [5.74, 6) is 1.75. The zero-order valence-electron chi connectivity index (χ0n) is 14.3. The summed E-state index contributed by atoms with van der Waals surface area (Å²) in [6.07, 6.45) is 1.48. The number of fused-ring (bicyclic) bond motifs is 1. The Morgan fingerprint density at radius 1 is 1.12 bits per heavy atom. The Hall–Kier alpha value is -2.31. The van der Waals surface area contributed by atoms with Gasteiger partial charge in [0.15, 0.2) is 0 Å². The number of rotatable bonds is 6. The molecule has 0 amide bonds. The third kappa shape index (κ3) is 3.16. The molecule has 124 valence electrons. The molecule has 3 atom stereocenters. The summed E-state index contributed by atoms with van der Waals surface area (Å²) in [5, 5.41) is 12.4. The minimum Gasteiger partial charge on any atom is -0.497 e. The maximum Gasteiger partial charge on any atom is 0.119 e. The van der Waals surface area contributed by atoms with Crippen molar-refractivity contribution in [3.05, 3.63) is 65.2 Å². The Morgan fingerprint density at radius 2 is 1.92 bits per heavy atom. The van der Waals surface area contributed by atoms with E-state index in [0.29, 0.717) is 24.3 Å². The van der Waals surface area contributed by atoms with Crippen LogP contribution in [0.25, 0.3) is 0 Å². The molecule has 0 fully saturated rings. The van der Waals surface area contributed by atoms with Crippen molar-refractivity contribution in [2.24, 2.45) is 5.92 Å². The molecule has 0 saturated carbocycles. The summed E-state index contributed by atoms with van der Waals surface area (Å²) in [6, 6.07) is 19.6. The molecule has 24 heavy (non-hydrogen) atoms. The first-order valence-corrected chi connectivity index (χ1v) is 8.59. The van der Waals surface area contributed by atoms with Gasteiger partial charge in [-0.05, 0) is 47.7 Å². The molecule has 3 nitrogen and oxygen atoms in total. The van der Waals surface area contributed by atoms with Crippen molar-refractivity contribution in [2.45, 2.75) is 31.7 Å². The number of unbranched alkanes of at least 4 members (excludes halogenated alkanes) is 1. The molecule has 0 saturated heterocycles. The Bertz CT molecular complexity index is 720. The maximum atomic E-state index is 8.73. The van der Waals surface area contributed by atoms with Gasteiger partial charge in [0.1, 0.15) is 5.75 Å². The molecule has 0 bridgehead atoms. The van der Waals surface area contributed by atoms with Crippen molar-refractivity contribution in [2.75, 3.05) is 13.7 Å². The fourth-order valence-corrected chi connectivity index (χ4v) is 3.86. The zero-order chi connectivity index (χ0) is 16.9. The second-order valence-electron chi connectivity index (χ2n) is 6.44. The third-order valence-electron chi connectivity index (χ3n) is 5.00. The van der Waals surface area contributed by atoms with Crippen molar-refractivity contribution < 1.29 is 4.74 Å². The van der Waals surface area contributed by atoms with Gasteiger partial charge in [-0.2, -0.15) is 5.26 Å². The van der Waals surface area contributed by atoms with Gasteiger partial charge >= 0.3 is 0 Å². The van der Waals surface area contributed by atoms with Crippen LogP contribution in [0.3, 0.4) is 0 Å². The summed E-state index contributed by atoms with van der Waals surface area (Å²) >= 11 is 0. The lowest BCUT2D eigenvalue weighted by molar-refractivity contribution is 0.387. The molecule has 0 heterocycles. The van der Waals surface area contributed by atoms with E-state index in [-0.39, 0.29) is 0 Å². The van der Waals surface area contributed by atoms with Crippen LogP contribution < -0.4 is 10.1 Å². The second kappa shape index (κ2) is 7.51. The molecule has 0 aliphatic heterocycles. The number of nitrogens with one attached hydrogen (secondary N) is 1. The highest BCUT2D eigenvalue weighted by atomic mass is 16.5. The van der Waals surface area contributed by atoms with Gasteiger partial charge in [0.25, 0.3) is 0 Å². The summed E-state index contributed by atoms with van der Waals surface area (Å²) in [7, 11) is 1.71. The number of nitriles is 1. The van der Waals surface area contributed by atoms with Gasteiger partial charge in [-0.1, -0.05) is 43.3 Å². The normalized spacial score (nSPS) is 22.0. The van der Waals surface area contributed by atoms with Crippen molar-refractivity contribution in [1.82, 2.24) is 5.32 Å². The van der Waals surface area contributed by atoms with Crippen LogP contribution >= 0.6 is 0 Å². The highest BCUT2D eigenvalue weighted by Crippen LogP contribution is 2.49. The van der Waals surface area contributed by atoms with Gasteiger partial charge in [-0.25, -0.2) is 0 Å². The topological polar surface area (TPSA) is 45.0 Å². The molecule has 1 N–H and O–H groups in total. The first-order chi connectivity index (χ1) is 11.8. The van der Waals surface area contributed by atoms with E-state index in [1.54, 1.807) is 7.11 Å². The van der Waals surface area contributed by atoms with Crippen molar-refractivity contribution in [3.63, 3.8) is 0 Å². The zero-order valence-corrected chi connectivity index (χ0v) is 14.3. The van der Waals surface area contributed by atoms with E-state index < -0.39 is 0 Å². The number of nitrogens with zero attached hydrogens (tertiary/aromatic N) is 1. The molecule has 0 radical (unpaired) electrons. The van der Waals surface area contributed by atoms with Crippen LogP contribution in [0.15, 0.2) is 48.5 Å². The van der Waals surface area contributed by atoms with Crippen molar-refractivity contribution >= 4 is 0 Å². The standard InChI is InChI=1S/C21H24N2O/c1-15-20(16-8-4-3-5-9-16)18-11-10-17(24-2)14-19(18)21(15)23-13-7-6-12-22/h3-5,8-11,14-15,20-21,23H,6-7,13H2,1-2H3/t15-,20+,21+/m1/s1. The minimum atomic E-state index is 0.291. The molecule has 0 aromatic heterocycles. The molecule has 3 rings (SSSR count). The van der Waals surface area contributed by atoms with Gasteiger partial charge in [-0.15, -0.1) is 0 Å². The van der Waals surface area contributed by atoms with E-state index in [1.807, 2.05) is 0 Å². The Labute approximate surface area is 144 Å². The number of hydrogen-bond acceptors (Lipinski definition) is 3. The van der Waals surface area contributed by atoms with Crippen LogP contribution in [0.2, 0.25) is 0 Å². The Kier molecular flexibility index (Phi) is 5.17. The highest BCUT2D eigenvalue weighted by molar-refractivity contribution is 5.49. The van der Waals surface area contributed by atoms with E-state index in [1.165, 1.54) is 16.7 Å². The van der Waals surface area contributed by atoms with Crippen LogP contribution in [-0.2, 0) is 0 Å². The van der Waals surface area contributed by atoms with Gasteiger partial charge in [-0.3, -0.25) is 0 Å². The van der Waals surface area contributed by atoms with Crippen LogP contribution in [0.1, 0.15) is 48.4 Å². The fourth-order valence-electron chi connectivity index (χ4n) is 3.86. The van der Waals surface area contributed by atoms with Gasteiger partial charge in [0.2, 0.25) is 0 Å². The van der Waals surface area contributed by atoms with Gasteiger partial charge in [0, 0.05) is 18.4 Å². The van der Waals surface area contributed by atoms with E-state index in [0.717, 1.165) is 18.7 Å². The summed E-state index contributed by atoms with van der Waals surface area (Å²) < 4.78 is 5.44. The highest BCUT2D eigenvalue weighted by Gasteiger charge is 2.38. The summed E-state index contributed by atoms with van der Waals surface area (Å²) in [4.78, 5) is 0. The van der Waals surface area contributed by atoms with E-state index in [9.17, 15) is 0 Å². The quantitative estimate of drug-likeness (QED) is 0.802. The maximum absolute atomic E-state index is 8.73.